The first-order chi connectivity index (χ1) is 7.70. The van der Waals surface area contributed by atoms with E-state index in [4.69, 9.17) is 4.74 Å². The molecule has 17 heavy (non-hydrogen) atoms. The first kappa shape index (κ1) is 13.7. The van der Waals surface area contributed by atoms with Gasteiger partial charge in [-0.25, -0.2) is 4.79 Å². The molecule has 0 radical (unpaired) electrons. The fraction of sp³-hybridized carbons (Fsp3) is 0.692. The van der Waals surface area contributed by atoms with Crippen LogP contribution in [-0.2, 0) is 9.53 Å². The van der Waals surface area contributed by atoms with Crippen LogP contribution < -0.4 is 5.32 Å². The normalized spacial score (nSPS) is 22.8. The Balaban J connectivity index is 2.24. The van der Waals surface area contributed by atoms with Crippen molar-refractivity contribution in [3.8, 4) is 0 Å². The zero-order chi connectivity index (χ0) is 13.2. The number of allylic oxidation sites excluding steroid dienone is 1. The van der Waals surface area contributed by atoms with E-state index in [1.807, 2.05) is 20.8 Å². The van der Waals surface area contributed by atoms with Gasteiger partial charge < -0.3 is 10.1 Å². The van der Waals surface area contributed by atoms with E-state index in [2.05, 4.69) is 11.9 Å². The molecule has 1 aliphatic carbocycles. The second-order valence-electron chi connectivity index (χ2n) is 5.63. The summed E-state index contributed by atoms with van der Waals surface area (Å²) in [4.78, 5) is 22.9. The third-order valence-corrected chi connectivity index (χ3v) is 2.59. The van der Waals surface area contributed by atoms with Gasteiger partial charge in [-0.2, -0.15) is 0 Å². The van der Waals surface area contributed by atoms with Crippen LogP contribution in [0.4, 0.5) is 4.79 Å². The van der Waals surface area contributed by atoms with Crippen LogP contribution in [0.15, 0.2) is 12.2 Å². The largest absolute Gasteiger partial charge is 0.444 e. The summed E-state index contributed by atoms with van der Waals surface area (Å²) in [6.45, 7) is 11.3. The van der Waals surface area contributed by atoms with Crippen LogP contribution in [0.5, 0.6) is 0 Å². The molecule has 1 fully saturated rings. The third-order valence-electron chi connectivity index (χ3n) is 2.59. The zero-order valence-electron chi connectivity index (χ0n) is 11.0. The second kappa shape index (κ2) is 4.90. The first-order valence-corrected chi connectivity index (χ1v) is 5.87. The van der Waals surface area contributed by atoms with E-state index >= 15 is 0 Å². The summed E-state index contributed by atoms with van der Waals surface area (Å²) in [5.74, 6) is 0.398. The molecular weight excluding hydrogens is 218 g/mol. The van der Waals surface area contributed by atoms with Gasteiger partial charge in [0.25, 0.3) is 0 Å². The summed E-state index contributed by atoms with van der Waals surface area (Å²) in [7, 11) is 0. The lowest BCUT2D eigenvalue weighted by atomic mass is 10.1. The van der Waals surface area contributed by atoms with Gasteiger partial charge in [-0.05, 0) is 45.6 Å². The van der Waals surface area contributed by atoms with Crippen LogP contribution >= 0.6 is 0 Å². The average molecular weight is 239 g/mol. The number of hydrogen-bond donors (Lipinski definition) is 1. The van der Waals surface area contributed by atoms with Gasteiger partial charge in [0.2, 0.25) is 0 Å². The van der Waals surface area contributed by atoms with E-state index in [1.54, 1.807) is 6.92 Å². The molecule has 1 amide bonds. The van der Waals surface area contributed by atoms with Crippen molar-refractivity contribution < 1.29 is 14.3 Å². The molecule has 1 N–H and O–H groups in total. The lowest BCUT2D eigenvalue weighted by Crippen LogP contribution is -2.33. The van der Waals surface area contributed by atoms with E-state index in [0.717, 1.165) is 6.42 Å². The smallest absolute Gasteiger partial charge is 0.407 e. The van der Waals surface area contributed by atoms with Gasteiger partial charge in [-0.15, -0.1) is 0 Å². The Labute approximate surface area is 102 Å². The maximum atomic E-state index is 11.5. The van der Waals surface area contributed by atoms with Gasteiger partial charge in [0.1, 0.15) is 5.60 Å². The average Bonchev–Trinajstić information content (AvgIpc) is 2.89. The monoisotopic (exact) mass is 239 g/mol. The topological polar surface area (TPSA) is 55.4 Å². The van der Waals surface area contributed by atoms with E-state index in [0.29, 0.717) is 12.1 Å². The standard InChI is InChI=1S/C13H21NO3/c1-8(2)11(15)10-6-9(10)7-14-12(16)17-13(3,4)5/h9-10H,1,6-7H2,2-5H3,(H,14,16)/t9-,10-/m0/s1. The molecule has 4 heteroatoms. The number of Topliss-reactive ketones (excluding diaryl/α,β-unsaturated/α-hetero) is 1. The Morgan fingerprint density at radius 1 is 1.41 bits per heavy atom. The Hall–Kier alpha value is -1.32. The maximum absolute atomic E-state index is 11.5. The number of hydrogen-bond acceptors (Lipinski definition) is 3. The molecule has 0 aliphatic heterocycles. The molecule has 0 spiro atoms. The molecule has 96 valence electrons. The summed E-state index contributed by atoms with van der Waals surface area (Å²) >= 11 is 0. The number of amides is 1. The van der Waals surface area contributed by atoms with Crippen molar-refractivity contribution in [1.82, 2.24) is 5.32 Å². The van der Waals surface area contributed by atoms with Crippen molar-refractivity contribution in [3.63, 3.8) is 0 Å². The number of carbonyl (C=O) groups is 2. The molecule has 1 saturated carbocycles. The molecule has 2 atom stereocenters. The van der Waals surface area contributed by atoms with E-state index in [1.165, 1.54) is 0 Å². The van der Waals surface area contributed by atoms with Crippen molar-refractivity contribution in [2.75, 3.05) is 6.54 Å². The SMILES string of the molecule is C=C(C)C(=O)[C@H]1C[C@H]1CNC(=O)OC(C)(C)C. The predicted octanol–water partition coefficient (Wildman–Crippen LogP) is 2.29. The number of nitrogens with one attached hydrogen (secondary N) is 1. The molecule has 0 aromatic carbocycles. The minimum atomic E-state index is -0.486. The minimum Gasteiger partial charge on any atom is -0.444 e. The molecule has 0 bridgehead atoms. The number of alkyl carbamates (subject to hydrolysis) is 1. The minimum absolute atomic E-state index is 0.0439. The Kier molecular flexibility index (Phi) is 3.96. The summed E-state index contributed by atoms with van der Waals surface area (Å²) < 4.78 is 5.11. The summed E-state index contributed by atoms with van der Waals surface area (Å²) in [5.41, 5.74) is 0.107. The van der Waals surface area contributed by atoms with Crippen LogP contribution in [0.25, 0.3) is 0 Å². The first-order valence-electron chi connectivity index (χ1n) is 5.87. The molecule has 1 aliphatic rings. The fourth-order valence-electron chi connectivity index (χ4n) is 1.64. The quantitative estimate of drug-likeness (QED) is 0.766. The predicted molar refractivity (Wildman–Crippen MR) is 65.7 cm³/mol. The Morgan fingerprint density at radius 2 is 2.00 bits per heavy atom. The Bertz CT molecular complexity index is 341. The molecule has 0 aromatic rings. The molecule has 1 rings (SSSR count). The molecule has 0 aromatic heterocycles. The highest BCUT2D eigenvalue weighted by atomic mass is 16.6. The van der Waals surface area contributed by atoms with E-state index < -0.39 is 11.7 Å². The van der Waals surface area contributed by atoms with Crippen LogP contribution in [0, 0.1) is 11.8 Å². The van der Waals surface area contributed by atoms with Crippen LogP contribution in [-0.4, -0.2) is 24.0 Å². The highest BCUT2D eigenvalue weighted by Crippen LogP contribution is 2.39. The van der Waals surface area contributed by atoms with Crippen molar-refractivity contribution >= 4 is 11.9 Å². The van der Waals surface area contributed by atoms with Gasteiger partial charge in [-0.1, -0.05) is 6.58 Å². The fourth-order valence-corrected chi connectivity index (χ4v) is 1.64. The van der Waals surface area contributed by atoms with Gasteiger partial charge in [-0.3, -0.25) is 4.79 Å². The van der Waals surface area contributed by atoms with Crippen LogP contribution in [0.2, 0.25) is 0 Å². The summed E-state index contributed by atoms with van der Waals surface area (Å²) in [6, 6.07) is 0. The van der Waals surface area contributed by atoms with Crippen molar-refractivity contribution in [3.05, 3.63) is 12.2 Å². The lowest BCUT2D eigenvalue weighted by Gasteiger charge is -2.19. The van der Waals surface area contributed by atoms with Crippen molar-refractivity contribution in [2.24, 2.45) is 11.8 Å². The molecule has 0 heterocycles. The number of carbonyl (C=O) groups excluding carboxylic acids is 2. The zero-order valence-corrected chi connectivity index (χ0v) is 11.0. The summed E-state index contributed by atoms with van der Waals surface area (Å²) in [6.07, 6.45) is 0.410. The van der Waals surface area contributed by atoms with Gasteiger partial charge in [0.15, 0.2) is 5.78 Å². The third kappa shape index (κ3) is 4.59. The Morgan fingerprint density at radius 3 is 2.47 bits per heavy atom. The van der Waals surface area contributed by atoms with E-state index in [9.17, 15) is 9.59 Å². The van der Waals surface area contributed by atoms with Crippen molar-refractivity contribution in [1.29, 1.82) is 0 Å². The molecule has 0 unspecified atom stereocenters. The summed E-state index contributed by atoms with van der Waals surface area (Å²) in [5, 5.41) is 2.68. The van der Waals surface area contributed by atoms with Gasteiger partial charge in [0, 0.05) is 12.5 Å². The highest BCUT2D eigenvalue weighted by molar-refractivity contribution is 5.97. The maximum Gasteiger partial charge on any atom is 0.407 e. The van der Waals surface area contributed by atoms with Gasteiger partial charge >= 0.3 is 6.09 Å². The lowest BCUT2D eigenvalue weighted by molar-refractivity contribution is -0.116. The molecular formula is C13H21NO3. The number of ether oxygens (including phenoxy) is 1. The van der Waals surface area contributed by atoms with Crippen LogP contribution in [0.1, 0.15) is 34.1 Å². The highest BCUT2D eigenvalue weighted by Gasteiger charge is 2.42. The van der Waals surface area contributed by atoms with Crippen LogP contribution in [0.3, 0.4) is 0 Å². The molecule has 4 nitrogen and oxygen atoms in total. The number of rotatable bonds is 4. The molecule has 0 saturated heterocycles. The van der Waals surface area contributed by atoms with E-state index in [-0.39, 0.29) is 17.6 Å². The number of ketones is 1. The van der Waals surface area contributed by atoms with Crippen molar-refractivity contribution in [2.45, 2.75) is 39.7 Å². The van der Waals surface area contributed by atoms with Gasteiger partial charge in [0.05, 0.1) is 0 Å². The second-order valence-corrected chi connectivity index (χ2v) is 5.63.